The van der Waals surface area contributed by atoms with Gasteiger partial charge >= 0.3 is 12.1 Å². The van der Waals surface area contributed by atoms with Crippen molar-refractivity contribution in [2.24, 2.45) is 0 Å². The first-order valence-electron chi connectivity index (χ1n) is 11.9. The number of ether oxygens (including phenoxy) is 4. The third-order valence-corrected chi connectivity index (χ3v) is 6.80. The summed E-state index contributed by atoms with van der Waals surface area (Å²) in [4.78, 5) is 32.7. The van der Waals surface area contributed by atoms with Gasteiger partial charge in [0.25, 0.3) is 0 Å². The molecule has 0 unspecified atom stereocenters. The Labute approximate surface area is 220 Å². The van der Waals surface area contributed by atoms with Crippen LogP contribution in [0.3, 0.4) is 0 Å². The minimum absolute atomic E-state index is 0.0379. The van der Waals surface area contributed by atoms with Crippen molar-refractivity contribution >= 4 is 36.9 Å². The summed E-state index contributed by atoms with van der Waals surface area (Å²) >= 11 is 0. The largest absolute Gasteiger partial charge is 0.465 e. The van der Waals surface area contributed by atoms with Crippen LogP contribution in [0.25, 0.3) is 11.0 Å². The molecule has 0 spiro atoms. The molecule has 2 heterocycles. The van der Waals surface area contributed by atoms with Crippen LogP contribution in [0, 0.1) is 11.6 Å². The van der Waals surface area contributed by atoms with Gasteiger partial charge in [0.15, 0.2) is 11.6 Å². The summed E-state index contributed by atoms with van der Waals surface area (Å²) in [6.45, 7) is 12.3. The van der Waals surface area contributed by atoms with E-state index in [9.17, 15) is 18.4 Å². The molecule has 0 saturated carbocycles. The zero-order chi connectivity index (χ0) is 28.3. The maximum atomic E-state index is 14.9. The quantitative estimate of drug-likeness (QED) is 0.198. The Morgan fingerprint density at radius 2 is 1.76 bits per heavy atom. The second kappa shape index (κ2) is 11.4. The van der Waals surface area contributed by atoms with Gasteiger partial charge in [-0.1, -0.05) is 19.6 Å². The van der Waals surface area contributed by atoms with Crippen molar-refractivity contribution in [3.63, 3.8) is 0 Å². The van der Waals surface area contributed by atoms with E-state index in [-0.39, 0.29) is 34.9 Å². The summed E-state index contributed by atoms with van der Waals surface area (Å²) in [5, 5.41) is 2.37. The Morgan fingerprint density at radius 3 is 2.34 bits per heavy atom. The Hall–Kier alpha value is -3.58. The van der Waals surface area contributed by atoms with Crippen molar-refractivity contribution in [2.75, 3.05) is 19.0 Å². The second-order valence-corrected chi connectivity index (χ2v) is 16.3. The van der Waals surface area contributed by atoms with Crippen LogP contribution < -0.4 is 10.1 Å². The van der Waals surface area contributed by atoms with E-state index in [1.165, 1.54) is 13.3 Å². The highest BCUT2D eigenvalue weighted by molar-refractivity contribution is 6.76. The molecule has 0 aliphatic carbocycles. The summed E-state index contributed by atoms with van der Waals surface area (Å²) < 4.78 is 52.6. The molecule has 0 radical (unpaired) electrons. The van der Waals surface area contributed by atoms with Gasteiger partial charge in [-0.05, 0) is 26.8 Å². The number of nitrogens with one attached hydrogen (secondary N) is 1. The van der Waals surface area contributed by atoms with Gasteiger partial charge in [-0.25, -0.2) is 28.3 Å². The number of esters is 1. The average Bonchev–Trinajstić information content (AvgIpc) is 3.16. The first-order valence-corrected chi connectivity index (χ1v) is 15.6. The Bertz CT molecular complexity index is 1310. The van der Waals surface area contributed by atoms with Crippen LogP contribution in [0.5, 0.6) is 11.6 Å². The van der Waals surface area contributed by atoms with E-state index >= 15 is 0 Å². The second-order valence-electron chi connectivity index (χ2n) is 10.7. The molecule has 1 aromatic carbocycles. The monoisotopic (exact) mass is 550 g/mol. The summed E-state index contributed by atoms with van der Waals surface area (Å²) in [6.07, 6.45) is 1.73. The number of hydrogen-bond donors (Lipinski definition) is 1. The van der Waals surface area contributed by atoms with E-state index in [1.54, 1.807) is 25.3 Å². The van der Waals surface area contributed by atoms with Crippen molar-refractivity contribution in [1.82, 2.24) is 14.5 Å². The Kier molecular flexibility index (Phi) is 8.72. The first-order chi connectivity index (χ1) is 17.7. The summed E-state index contributed by atoms with van der Waals surface area (Å²) in [7, 11) is -0.105. The van der Waals surface area contributed by atoms with E-state index in [4.69, 9.17) is 18.9 Å². The third-order valence-electron chi connectivity index (χ3n) is 5.09. The molecule has 10 nitrogen and oxygen atoms in total. The molecule has 3 aromatic rings. The van der Waals surface area contributed by atoms with Gasteiger partial charge in [0, 0.05) is 33.0 Å². The maximum Gasteiger partial charge on any atom is 0.412 e. The number of halogens is 2. The fourth-order valence-electron chi connectivity index (χ4n) is 3.33. The molecular weight excluding hydrogens is 518 g/mol. The van der Waals surface area contributed by atoms with Gasteiger partial charge in [0.2, 0.25) is 11.6 Å². The number of amides is 1. The highest BCUT2D eigenvalue weighted by atomic mass is 28.3. The van der Waals surface area contributed by atoms with E-state index in [0.29, 0.717) is 6.61 Å². The van der Waals surface area contributed by atoms with Crippen molar-refractivity contribution in [3.05, 3.63) is 41.9 Å². The van der Waals surface area contributed by atoms with Gasteiger partial charge in [-0.3, -0.25) is 5.32 Å². The lowest BCUT2D eigenvalue weighted by atomic mass is 10.2. The number of methoxy groups -OCH3 is 1. The number of benzene rings is 1. The number of fused-ring (bicyclic) bond motifs is 1. The fraction of sp³-hybridized carbons (Fsp3) is 0.440. The fourth-order valence-corrected chi connectivity index (χ4v) is 4.08. The van der Waals surface area contributed by atoms with E-state index in [2.05, 4.69) is 34.9 Å². The molecule has 0 atom stereocenters. The van der Waals surface area contributed by atoms with E-state index in [0.717, 1.165) is 24.5 Å². The van der Waals surface area contributed by atoms with Gasteiger partial charge in [-0.2, -0.15) is 0 Å². The zero-order valence-electron chi connectivity index (χ0n) is 22.5. The Balaban J connectivity index is 1.92. The normalized spacial score (nSPS) is 11.9. The standard InChI is InChI=1S/C25H32F2N4O6Si/c1-25(2,3)37-24(33)30-15-10-17(26)20(18(27)11-15)36-22-19-16(23(32)34-4)12-31(21(19)28-13-29-22)14-35-8-9-38(5,6)7/h10-13H,8-9,14H2,1-7H3,(H,30,33). The van der Waals surface area contributed by atoms with E-state index < -0.39 is 43.1 Å². The molecule has 0 saturated heterocycles. The van der Waals surface area contributed by atoms with Crippen LogP contribution in [0.2, 0.25) is 25.7 Å². The third kappa shape index (κ3) is 7.48. The number of anilines is 1. The van der Waals surface area contributed by atoms with Gasteiger partial charge in [0.1, 0.15) is 24.3 Å². The zero-order valence-corrected chi connectivity index (χ0v) is 23.5. The minimum atomic E-state index is -1.31. The van der Waals surface area contributed by atoms with Crippen LogP contribution in [0.1, 0.15) is 31.1 Å². The molecular formula is C25H32F2N4O6Si. The number of nitrogens with zero attached hydrogens (tertiary/aromatic N) is 3. The summed E-state index contributed by atoms with van der Waals surface area (Å²) in [5.41, 5.74) is -0.676. The molecule has 0 aliphatic rings. The van der Waals surface area contributed by atoms with Gasteiger partial charge in [-0.15, -0.1) is 0 Å². The minimum Gasteiger partial charge on any atom is -0.465 e. The van der Waals surface area contributed by atoms with Crippen LogP contribution in [-0.2, 0) is 20.9 Å². The number of carbonyl (C=O) groups is 2. The summed E-state index contributed by atoms with van der Waals surface area (Å²) in [6, 6.07) is 2.69. The number of rotatable bonds is 9. The smallest absolute Gasteiger partial charge is 0.412 e. The molecule has 0 fully saturated rings. The molecule has 13 heteroatoms. The lowest BCUT2D eigenvalue weighted by Crippen LogP contribution is -2.27. The molecule has 3 rings (SSSR count). The van der Waals surface area contributed by atoms with Crippen LogP contribution in [0.15, 0.2) is 24.7 Å². The van der Waals surface area contributed by atoms with Crippen molar-refractivity contribution in [2.45, 2.75) is 58.8 Å². The van der Waals surface area contributed by atoms with Crippen LogP contribution >= 0.6 is 0 Å². The molecule has 0 bridgehead atoms. The number of hydrogen-bond acceptors (Lipinski definition) is 8. The molecule has 1 N–H and O–H groups in total. The van der Waals surface area contributed by atoms with Crippen LogP contribution in [-0.4, -0.2) is 54.0 Å². The van der Waals surface area contributed by atoms with E-state index in [1.807, 2.05) is 0 Å². The maximum absolute atomic E-state index is 14.9. The van der Waals surface area contributed by atoms with Crippen molar-refractivity contribution in [3.8, 4) is 11.6 Å². The number of carbonyl (C=O) groups excluding carboxylic acids is 2. The topological polar surface area (TPSA) is 114 Å². The van der Waals surface area contributed by atoms with Crippen LogP contribution in [0.4, 0.5) is 19.3 Å². The first kappa shape index (κ1) is 29.0. The summed E-state index contributed by atoms with van der Waals surface area (Å²) in [5.74, 6) is -3.99. The van der Waals surface area contributed by atoms with Gasteiger partial charge < -0.3 is 23.5 Å². The molecule has 38 heavy (non-hydrogen) atoms. The number of aromatic nitrogens is 3. The highest BCUT2D eigenvalue weighted by Crippen LogP contribution is 2.35. The SMILES string of the molecule is COC(=O)c1cn(COCC[Si](C)(C)C)c2ncnc(Oc3c(F)cc(NC(=O)OC(C)(C)C)cc3F)c12. The predicted molar refractivity (Wildman–Crippen MR) is 139 cm³/mol. The molecule has 206 valence electrons. The predicted octanol–water partition coefficient (Wildman–Crippen LogP) is 5.95. The average molecular weight is 551 g/mol. The Morgan fingerprint density at radius 1 is 1.11 bits per heavy atom. The lowest BCUT2D eigenvalue weighted by Gasteiger charge is -2.19. The molecule has 1 amide bonds. The lowest BCUT2D eigenvalue weighted by molar-refractivity contribution is 0.0598. The highest BCUT2D eigenvalue weighted by Gasteiger charge is 2.25. The van der Waals surface area contributed by atoms with Crippen molar-refractivity contribution in [1.29, 1.82) is 0 Å². The van der Waals surface area contributed by atoms with Crippen molar-refractivity contribution < 1.29 is 37.3 Å². The molecule has 2 aromatic heterocycles. The molecule has 0 aliphatic heterocycles. The van der Waals surface area contributed by atoms with Gasteiger partial charge in [0.05, 0.1) is 23.7 Å².